The van der Waals surface area contributed by atoms with E-state index in [9.17, 15) is 13.6 Å². The number of rotatable bonds is 4. The van der Waals surface area contributed by atoms with E-state index in [2.05, 4.69) is 15.9 Å². The summed E-state index contributed by atoms with van der Waals surface area (Å²) in [6.45, 7) is 0. The zero-order valence-electron chi connectivity index (χ0n) is 10.6. The van der Waals surface area contributed by atoms with Gasteiger partial charge in [-0.3, -0.25) is 4.79 Å². The SMILES string of the molecule is COc1ccc(Br)cc1CC(=O)c1cccc(F)c1F. The van der Waals surface area contributed by atoms with Crippen molar-refractivity contribution in [2.45, 2.75) is 6.42 Å². The molecule has 0 aromatic heterocycles. The van der Waals surface area contributed by atoms with Gasteiger partial charge in [-0.05, 0) is 30.3 Å². The number of methoxy groups -OCH3 is 1. The molecule has 2 nitrogen and oxygen atoms in total. The molecule has 0 aliphatic carbocycles. The maximum atomic E-state index is 13.6. The molecule has 5 heteroatoms. The standard InChI is InChI=1S/C15H11BrF2O2/c1-20-14-6-5-10(16)7-9(14)8-13(19)11-3-2-4-12(17)15(11)18/h2-7H,8H2,1H3. The van der Waals surface area contributed by atoms with E-state index >= 15 is 0 Å². The number of Topliss-reactive ketones (excluding diaryl/α,β-unsaturated/α-hetero) is 1. The van der Waals surface area contributed by atoms with Crippen LogP contribution < -0.4 is 4.74 Å². The van der Waals surface area contributed by atoms with E-state index in [4.69, 9.17) is 4.74 Å². The highest BCUT2D eigenvalue weighted by molar-refractivity contribution is 9.10. The smallest absolute Gasteiger partial charge is 0.170 e. The van der Waals surface area contributed by atoms with Gasteiger partial charge in [0.05, 0.1) is 12.7 Å². The monoisotopic (exact) mass is 340 g/mol. The molecular weight excluding hydrogens is 330 g/mol. The van der Waals surface area contributed by atoms with Gasteiger partial charge in [-0.1, -0.05) is 22.0 Å². The van der Waals surface area contributed by atoms with Gasteiger partial charge in [-0.25, -0.2) is 8.78 Å². The maximum Gasteiger partial charge on any atom is 0.170 e. The summed E-state index contributed by atoms with van der Waals surface area (Å²) in [4.78, 5) is 12.1. The van der Waals surface area contributed by atoms with Gasteiger partial charge in [-0.15, -0.1) is 0 Å². The third kappa shape index (κ3) is 3.04. The van der Waals surface area contributed by atoms with Crippen molar-refractivity contribution in [3.63, 3.8) is 0 Å². The summed E-state index contributed by atoms with van der Waals surface area (Å²) in [7, 11) is 1.49. The van der Waals surface area contributed by atoms with E-state index in [1.165, 1.54) is 19.2 Å². The predicted molar refractivity (Wildman–Crippen MR) is 75.1 cm³/mol. The molecule has 0 fully saturated rings. The molecule has 0 aliphatic rings. The van der Waals surface area contributed by atoms with Crippen LogP contribution in [0.1, 0.15) is 15.9 Å². The van der Waals surface area contributed by atoms with Gasteiger partial charge in [-0.2, -0.15) is 0 Å². The van der Waals surface area contributed by atoms with Crippen LogP contribution in [0.3, 0.4) is 0 Å². The Morgan fingerprint density at radius 1 is 1.25 bits per heavy atom. The first-order chi connectivity index (χ1) is 9.52. The Morgan fingerprint density at radius 3 is 2.70 bits per heavy atom. The molecular formula is C15H11BrF2O2. The van der Waals surface area contributed by atoms with E-state index in [-0.39, 0.29) is 12.0 Å². The summed E-state index contributed by atoms with van der Waals surface area (Å²) >= 11 is 3.30. The van der Waals surface area contributed by atoms with Gasteiger partial charge in [0.1, 0.15) is 5.75 Å². The van der Waals surface area contributed by atoms with Crippen LogP contribution in [0.4, 0.5) is 8.78 Å². The van der Waals surface area contributed by atoms with Crippen LogP contribution in [0.25, 0.3) is 0 Å². The topological polar surface area (TPSA) is 26.3 Å². The molecule has 0 N–H and O–H groups in total. The van der Waals surface area contributed by atoms with Crippen molar-refractivity contribution in [3.05, 3.63) is 63.6 Å². The first-order valence-corrected chi connectivity index (χ1v) is 6.62. The first kappa shape index (κ1) is 14.7. The number of carbonyl (C=O) groups is 1. The van der Waals surface area contributed by atoms with Crippen molar-refractivity contribution >= 4 is 21.7 Å². The van der Waals surface area contributed by atoms with E-state index in [0.717, 1.165) is 10.5 Å². The highest BCUT2D eigenvalue weighted by atomic mass is 79.9. The molecule has 0 saturated heterocycles. The second-order valence-electron chi connectivity index (χ2n) is 4.16. The van der Waals surface area contributed by atoms with Crippen molar-refractivity contribution in [2.24, 2.45) is 0 Å². The van der Waals surface area contributed by atoms with Gasteiger partial charge in [0.15, 0.2) is 17.4 Å². The molecule has 2 aromatic carbocycles. The lowest BCUT2D eigenvalue weighted by molar-refractivity contribution is 0.0987. The molecule has 20 heavy (non-hydrogen) atoms. The van der Waals surface area contributed by atoms with E-state index < -0.39 is 17.4 Å². The van der Waals surface area contributed by atoms with Crippen molar-refractivity contribution in [3.8, 4) is 5.75 Å². The largest absolute Gasteiger partial charge is 0.496 e. The fraction of sp³-hybridized carbons (Fsp3) is 0.133. The highest BCUT2D eigenvalue weighted by Crippen LogP contribution is 2.25. The third-order valence-corrected chi connectivity index (χ3v) is 3.34. The lowest BCUT2D eigenvalue weighted by Gasteiger charge is -2.09. The second kappa shape index (κ2) is 6.13. The Bertz CT molecular complexity index is 656. The Labute approximate surface area is 123 Å². The van der Waals surface area contributed by atoms with Gasteiger partial charge >= 0.3 is 0 Å². The number of hydrogen-bond donors (Lipinski definition) is 0. The molecule has 2 rings (SSSR count). The average Bonchev–Trinajstić information content (AvgIpc) is 2.42. The Balaban J connectivity index is 2.32. The summed E-state index contributed by atoms with van der Waals surface area (Å²) in [6.07, 6.45) is -0.0665. The molecule has 0 spiro atoms. The number of ketones is 1. The fourth-order valence-corrected chi connectivity index (χ4v) is 2.28. The normalized spacial score (nSPS) is 10.4. The van der Waals surface area contributed by atoms with Crippen molar-refractivity contribution in [1.29, 1.82) is 0 Å². The molecule has 2 aromatic rings. The lowest BCUT2D eigenvalue weighted by atomic mass is 10.0. The van der Waals surface area contributed by atoms with Crippen molar-refractivity contribution in [1.82, 2.24) is 0 Å². The molecule has 0 saturated carbocycles. The number of benzene rings is 2. The molecule has 0 unspecified atom stereocenters. The van der Waals surface area contributed by atoms with Crippen molar-refractivity contribution < 1.29 is 18.3 Å². The third-order valence-electron chi connectivity index (χ3n) is 2.85. The summed E-state index contributed by atoms with van der Waals surface area (Å²) < 4.78 is 32.6. The van der Waals surface area contributed by atoms with Gasteiger partial charge < -0.3 is 4.74 Å². The van der Waals surface area contributed by atoms with E-state index in [0.29, 0.717) is 11.3 Å². The Morgan fingerprint density at radius 2 is 2.00 bits per heavy atom. The summed E-state index contributed by atoms with van der Waals surface area (Å²) in [5, 5.41) is 0. The summed E-state index contributed by atoms with van der Waals surface area (Å²) in [6, 6.07) is 8.75. The van der Waals surface area contributed by atoms with Crippen LogP contribution in [0.2, 0.25) is 0 Å². The van der Waals surface area contributed by atoms with Crippen LogP contribution >= 0.6 is 15.9 Å². The Hall–Kier alpha value is -1.75. The van der Waals surface area contributed by atoms with Crippen LogP contribution in [0.5, 0.6) is 5.75 Å². The second-order valence-corrected chi connectivity index (χ2v) is 5.07. The molecule has 0 aliphatic heterocycles. The van der Waals surface area contributed by atoms with E-state index in [1.54, 1.807) is 18.2 Å². The Kier molecular flexibility index (Phi) is 4.49. The van der Waals surface area contributed by atoms with Crippen molar-refractivity contribution in [2.75, 3.05) is 7.11 Å². The van der Waals surface area contributed by atoms with E-state index in [1.807, 2.05) is 0 Å². The van der Waals surface area contributed by atoms with Crippen LogP contribution in [0, 0.1) is 11.6 Å². The summed E-state index contributed by atoms with van der Waals surface area (Å²) in [5.74, 6) is -2.12. The number of hydrogen-bond acceptors (Lipinski definition) is 2. The predicted octanol–water partition coefficient (Wildman–Crippen LogP) is 4.16. The minimum Gasteiger partial charge on any atom is -0.496 e. The highest BCUT2D eigenvalue weighted by Gasteiger charge is 2.17. The minimum absolute atomic E-state index is 0.0665. The zero-order valence-corrected chi connectivity index (χ0v) is 12.2. The van der Waals surface area contributed by atoms with Gasteiger partial charge in [0.2, 0.25) is 0 Å². The molecule has 0 radical (unpaired) electrons. The summed E-state index contributed by atoms with van der Waals surface area (Å²) in [5.41, 5.74) is 0.350. The number of carbonyl (C=O) groups excluding carboxylic acids is 1. The average molecular weight is 341 g/mol. The molecule has 0 amide bonds. The quantitative estimate of drug-likeness (QED) is 0.781. The molecule has 0 bridgehead atoms. The number of ether oxygens (including phenoxy) is 1. The lowest BCUT2D eigenvalue weighted by Crippen LogP contribution is -2.08. The number of halogens is 3. The molecule has 0 atom stereocenters. The van der Waals surface area contributed by atoms with Gasteiger partial charge in [0, 0.05) is 16.5 Å². The minimum atomic E-state index is -1.12. The van der Waals surface area contributed by atoms with Gasteiger partial charge in [0.25, 0.3) is 0 Å². The zero-order chi connectivity index (χ0) is 14.7. The molecule has 104 valence electrons. The molecule has 0 heterocycles. The fourth-order valence-electron chi connectivity index (χ4n) is 1.87. The first-order valence-electron chi connectivity index (χ1n) is 5.82. The maximum absolute atomic E-state index is 13.6. The van der Waals surface area contributed by atoms with Crippen LogP contribution in [0.15, 0.2) is 40.9 Å². The van der Waals surface area contributed by atoms with Crippen LogP contribution in [-0.2, 0) is 6.42 Å². The van der Waals surface area contributed by atoms with Crippen LogP contribution in [-0.4, -0.2) is 12.9 Å².